The van der Waals surface area contributed by atoms with E-state index in [1.54, 1.807) is 7.11 Å². The van der Waals surface area contributed by atoms with E-state index < -0.39 is 0 Å². The molecule has 2 aliphatic rings. The van der Waals surface area contributed by atoms with Crippen LogP contribution in [0.25, 0.3) is 0 Å². The van der Waals surface area contributed by atoms with Crippen molar-refractivity contribution in [3.63, 3.8) is 0 Å². The number of benzene rings is 1. The molecule has 0 spiro atoms. The zero-order valence-electron chi connectivity index (χ0n) is 15.4. The van der Waals surface area contributed by atoms with Gasteiger partial charge in [-0.25, -0.2) is 0 Å². The molecule has 0 radical (unpaired) electrons. The Morgan fingerprint density at radius 1 is 1.35 bits per heavy atom. The number of hydrogen-bond donors (Lipinski definition) is 2. The molecule has 1 unspecified atom stereocenters. The maximum absolute atomic E-state index is 10.4. The first-order valence-electron chi connectivity index (χ1n) is 9.50. The van der Waals surface area contributed by atoms with E-state index >= 15 is 0 Å². The third-order valence-corrected chi connectivity index (χ3v) is 5.88. The molecule has 0 bridgehead atoms. The first kappa shape index (κ1) is 17.5. The molecule has 4 atom stereocenters. The van der Waals surface area contributed by atoms with E-state index in [-0.39, 0.29) is 17.9 Å². The van der Waals surface area contributed by atoms with Gasteiger partial charge in [0.1, 0.15) is 5.75 Å². The highest BCUT2D eigenvalue weighted by Crippen LogP contribution is 2.38. The van der Waals surface area contributed by atoms with Crippen molar-refractivity contribution in [1.82, 2.24) is 15.5 Å². The van der Waals surface area contributed by atoms with E-state index in [4.69, 9.17) is 9.26 Å². The van der Waals surface area contributed by atoms with Crippen LogP contribution in [0.15, 0.2) is 22.7 Å². The van der Waals surface area contributed by atoms with Gasteiger partial charge in [-0.1, -0.05) is 17.3 Å². The Morgan fingerprint density at radius 3 is 3.00 bits per heavy atom. The Hall–Kier alpha value is -1.92. The Morgan fingerprint density at radius 2 is 2.23 bits per heavy atom. The number of nitrogens with zero attached hydrogens (tertiary/aromatic N) is 2. The number of aryl methyl sites for hydroxylation is 1. The van der Waals surface area contributed by atoms with Crippen molar-refractivity contribution in [3.05, 3.63) is 41.0 Å². The SMILES string of the molecule is COc1cccc2c1CCC(NC[C@H]1C[C@H](c3nc(C)no3)C[C@H]1O)C2. The molecule has 1 fully saturated rings. The monoisotopic (exact) mass is 357 g/mol. The third kappa shape index (κ3) is 3.48. The van der Waals surface area contributed by atoms with Crippen molar-refractivity contribution >= 4 is 0 Å². The van der Waals surface area contributed by atoms with Gasteiger partial charge >= 0.3 is 0 Å². The van der Waals surface area contributed by atoms with Gasteiger partial charge in [0.25, 0.3) is 0 Å². The number of rotatable bonds is 5. The number of fused-ring (bicyclic) bond motifs is 1. The van der Waals surface area contributed by atoms with Gasteiger partial charge < -0.3 is 19.7 Å². The van der Waals surface area contributed by atoms with Crippen LogP contribution in [0.5, 0.6) is 5.75 Å². The van der Waals surface area contributed by atoms with Crippen molar-refractivity contribution in [2.24, 2.45) is 5.92 Å². The lowest BCUT2D eigenvalue weighted by molar-refractivity contribution is 0.128. The average Bonchev–Trinajstić information content (AvgIpc) is 3.24. The molecule has 140 valence electrons. The molecule has 0 amide bonds. The van der Waals surface area contributed by atoms with Gasteiger partial charge in [-0.2, -0.15) is 4.98 Å². The Kier molecular flexibility index (Phi) is 4.96. The van der Waals surface area contributed by atoms with E-state index in [1.807, 2.05) is 13.0 Å². The molecule has 0 aliphatic heterocycles. The molecule has 2 N–H and O–H groups in total. The summed E-state index contributed by atoms with van der Waals surface area (Å²) < 4.78 is 10.8. The first-order valence-corrected chi connectivity index (χ1v) is 9.50. The summed E-state index contributed by atoms with van der Waals surface area (Å²) in [6, 6.07) is 6.76. The summed E-state index contributed by atoms with van der Waals surface area (Å²) in [4.78, 5) is 4.33. The topological polar surface area (TPSA) is 80.4 Å². The number of aromatic nitrogens is 2. The minimum absolute atomic E-state index is 0.175. The number of hydrogen-bond acceptors (Lipinski definition) is 6. The molecule has 2 aromatic rings. The molecule has 1 heterocycles. The predicted octanol–water partition coefficient (Wildman–Crippen LogP) is 2.39. The number of nitrogens with one attached hydrogen (secondary N) is 1. The Balaban J connectivity index is 1.33. The fourth-order valence-electron chi connectivity index (χ4n) is 4.46. The molecule has 6 nitrogen and oxygen atoms in total. The first-order chi connectivity index (χ1) is 12.6. The lowest BCUT2D eigenvalue weighted by Gasteiger charge is -2.28. The van der Waals surface area contributed by atoms with Gasteiger partial charge in [0.05, 0.1) is 13.2 Å². The second-order valence-electron chi connectivity index (χ2n) is 7.62. The van der Waals surface area contributed by atoms with Crippen LogP contribution in [-0.4, -0.2) is 41.0 Å². The molecule has 2 aliphatic carbocycles. The highest BCUT2D eigenvalue weighted by Gasteiger charge is 2.37. The maximum Gasteiger partial charge on any atom is 0.229 e. The molecule has 6 heteroatoms. The van der Waals surface area contributed by atoms with E-state index in [0.29, 0.717) is 24.2 Å². The van der Waals surface area contributed by atoms with E-state index in [1.165, 1.54) is 11.1 Å². The number of aliphatic hydroxyl groups is 1. The standard InChI is InChI=1S/C20H27N3O3/c1-12-22-20(26-23-12)14-8-15(18(24)10-14)11-21-16-6-7-17-13(9-16)4-3-5-19(17)25-2/h3-5,14-16,18,21,24H,6-11H2,1-2H3/t14-,15+,16?,18+/m0/s1. The number of aliphatic hydroxyl groups excluding tert-OH is 1. The lowest BCUT2D eigenvalue weighted by atomic mass is 9.87. The minimum atomic E-state index is -0.310. The molecular weight excluding hydrogens is 330 g/mol. The van der Waals surface area contributed by atoms with Crippen LogP contribution in [-0.2, 0) is 12.8 Å². The highest BCUT2D eigenvalue weighted by molar-refractivity contribution is 5.42. The fraction of sp³-hybridized carbons (Fsp3) is 0.600. The number of methoxy groups -OCH3 is 1. The molecule has 1 saturated carbocycles. The zero-order valence-corrected chi connectivity index (χ0v) is 15.4. The normalized spacial score (nSPS) is 28.1. The van der Waals surface area contributed by atoms with Crippen LogP contribution in [0.1, 0.15) is 48.0 Å². The van der Waals surface area contributed by atoms with Gasteiger partial charge in [-0.15, -0.1) is 0 Å². The summed E-state index contributed by atoms with van der Waals surface area (Å²) in [7, 11) is 1.74. The largest absolute Gasteiger partial charge is 0.496 e. The molecular formula is C20H27N3O3. The summed E-state index contributed by atoms with van der Waals surface area (Å²) >= 11 is 0. The van der Waals surface area contributed by atoms with E-state index in [9.17, 15) is 5.11 Å². The third-order valence-electron chi connectivity index (χ3n) is 5.88. The zero-order chi connectivity index (χ0) is 18.1. The van der Waals surface area contributed by atoms with Crippen molar-refractivity contribution in [1.29, 1.82) is 0 Å². The van der Waals surface area contributed by atoms with Crippen LogP contribution in [0.2, 0.25) is 0 Å². The van der Waals surface area contributed by atoms with Gasteiger partial charge in [0.15, 0.2) is 5.82 Å². The Labute approximate surface area is 153 Å². The van der Waals surface area contributed by atoms with E-state index in [0.717, 1.165) is 38.0 Å². The fourth-order valence-corrected chi connectivity index (χ4v) is 4.46. The van der Waals surface area contributed by atoms with Crippen molar-refractivity contribution in [2.75, 3.05) is 13.7 Å². The van der Waals surface area contributed by atoms with Gasteiger partial charge in [-0.3, -0.25) is 0 Å². The molecule has 1 aromatic carbocycles. The van der Waals surface area contributed by atoms with Gasteiger partial charge in [0, 0.05) is 18.5 Å². The molecule has 1 aromatic heterocycles. The summed E-state index contributed by atoms with van der Waals surface area (Å²) in [6.07, 6.45) is 4.44. The van der Waals surface area contributed by atoms with Crippen LogP contribution in [0.4, 0.5) is 0 Å². The van der Waals surface area contributed by atoms with Crippen molar-refractivity contribution in [3.8, 4) is 5.75 Å². The minimum Gasteiger partial charge on any atom is -0.496 e. The second kappa shape index (κ2) is 7.37. The van der Waals surface area contributed by atoms with Crippen LogP contribution < -0.4 is 10.1 Å². The Bertz CT molecular complexity index is 761. The molecule has 26 heavy (non-hydrogen) atoms. The summed E-state index contributed by atoms with van der Waals surface area (Å²) in [5, 5.41) is 18.0. The van der Waals surface area contributed by atoms with Crippen LogP contribution in [0, 0.1) is 12.8 Å². The number of ether oxygens (including phenoxy) is 1. The maximum atomic E-state index is 10.4. The van der Waals surface area contributed by atoms with Crippen LogP contribution >= 0.6 is 0 Å². The average molecular weight is 357 g/mol. The predicted molar refractivity (Wildman–Crippen MR) is 97.3 cm³/mol. The van der Waals surface area contributed by atoms with Crippen molar-refractivity contribution < 1.29 is 14.4 Å². The summed E-state index contributed by atoms with van der Waals surface area (Å²) in [5.41, 5.74) is 2.72. The van der Waals surface area contributed by atoms with E-state index in [2.05, 4.69) is 27.6 Å². The molecule has 4 rings (SSSR count). The summed E-state index contributed by atoms with van der Waals surface area (Å²) in [6.45, 7) is 2.65. The quantitative estimate of drug-likeness (QED) is 0.855. The smallest absolute Gasteiger partial charge is 0.229 e. The van der Waals surface area contributed by atoms with Gasteiger partial charge in [0.2, 0.25) is 5.89 Å². The van der Waals surface area contributed by atoms with Crippen molar-refractivity contribution in [2.45, 2.75) is 57.1 Å². The highest BCUT2D eigenvalue weighted by atomic mass is 16.5. The molecule has 0 saturated heterocycles. The van der Waals surface area contributed by atoms with Gasteiger partial charge in [-0.05, 0) is 62.1 Å². The second-order valence-corrected chi connectivity index (χ2v) is 7.62. The lowest BCUT2D eigenvalue weighted by Crippen LogP contribution is -2.39. The van der Waals surface area contributed by atoms with Crippen LogP contribution in [0.3, 0.4) is 0 Å². The summed E-state index contributed by atoms with van der Waals surface area (Å²) in [5.74, 6) is 2.74.